The molecule has 162 valence electrons. The van der Waals surface area contributed by atoms with Crippen LogP contribution in [0.25, 0.3) is 6.08 Å². The molecule has 0 unspecified atom stereocenters. The second kappa shape index (κ2) is 9.66. The van der Waals surface area contributed by atoms with E-state index in [1.165, 1.54) is 12.1 Å². The summed E-state index contributed by atoms with van der Waals surface area (Å²) >= 11 is 6.17. The average molecular weight is 452 g/mol. The highest BCUT2D eigenvalue weighted by Crippen LogP contribution is 2.31. The van der Waals surface area contributed by atoms with Crippen LogP contribution in [0.5, 0.6) is 11.5 Å². The molecular formula is C25H19ClFNO4. The lowest BCUT2D eigenvalue weighted by molar-refractivity contribution is -0.129. The Morgan fingerprint density at radius 3 is 2.66 bits per heavy atom. The topological polar surface area (TPSA) is 57.1 Å². The molecule has 0 aromatic heterocycles. The monoisotopic (exact) mass is 451 g/mol. The molecule has 5 nitrogen and oxygen atoms in total. The number of nitrogens with zero attached hydrogens (tertiary/aromatic N) is 1. The fourth-order valence-corrected chi connectivity index (χ4v) is 3.32. The highest BCUT2D eigenvalue weighted by Gasteiger charge is 2.25. The second-order valence-corrected chi connectivity index (χ2v) is 7.28. The number of ether oxygens (including phenoxy) is 3. The van der Waals surface area contributed by atoms with Crippen molar-refractivity contribution in [3.8, 4) is 11.5 Å². The van der Waals surface area contributed by atoms with Crippen molar-refractivity contribution in [2.24, 2.45) is 4.99 Å². The van der Waals surface area contributed by atoms with Crippen LogP contribution in [-0.2, 0) is 16.1 Å². The van der Waals surface area contributed by atoms with Crippen molar-refractivity contribution in [3.05, 3.63) is 100.0 Å². The third kappa shape index (κ3) is 4.98. The molecule has 1 aliphatic heterocycles. The largest absolute Gasteiger partial charge is 0.490 e. The minimum Gasteiger partial charge on any atom is -0.490 e. The molecule has 0 bridgehead atoms. The van der Waals surface area contributed by atoms with Crippen LogP contribution < -0.4 is 9.47 Å². The van der Waals surface area contributed by atoms with E-state index in [0.717, 1.165) is 0 Å². The number of carbonyl (C=O) groups excluding carboxylic acids is 1. The van der Waals surface area contributed by atoms with Gasteiger partial charge in [-0.2, -0.15) is 0 Å². The summed E-state index contributed by atoms with van der Waals surface area (Å²) in [5.41, 5.74) is 2.08. The Hall–Kier alpha value is -3.64. The SMILES string of the molecule is CCOc1cc(/C=C2\N=C(c3ccccc3Cl)OC2=O)ccc1OCc1cccc(F)c1. The first-order valence-corrected chi connectivity index (χ1v) is 10.3. The van der Waals surface area contributed by atoms with Gasteiger partial charge in [0.25, 0.3) is 0 Å². The summed E-state index contributed by atoms with van der Waals surface area (Å²) in [5.74, 6) is 0.280. The number of rotatable bonds is 7. The molecule has 0 atom stereocenters. The fraction of sp³-hybridized carbons (Fsp3) is 0.120. The summed E-state index contributed by atoms with van der Waals surface area (Å²) < 4.78 is 30.2. The molecule has 1 aliphatic rings. The number of aliphatic imine (C=N–C) groups is 1. The molecule has 0 fully saturated rings. The van der Waals surface area contributed by atoms with Gasteiger partial charge >= 0.3 is 5.97 Å². The third-order valence-corrected chi connectivity index (χ3v) is 4.91. The van der Waals surface area contributed by atoms with Gasteiger partial charge in [0.1, 0.15) is 12.4 Å². The Bertz CT molecular complexity index is 1220. The summed E-state index contributed by atoms with van der Waals surface area (Å²) in [7, 11) is 0. The molecule has 0 saturated heterocycles. The van der Waals surface area contributed by atoms with Crippen LogP contribution in [0.4, 0.5) is 4.39 Å². The molecule has 0 saturated carbocycles. The van der Waals surface area contributed by atoms with Gasteiger partial charge in [0.05, 0.1) is 17.2 Å². The quantitative estimate of drug-likeness (QED) is 0.336. The van der Waals surface area contributed by atoms with Crippen molar-refractivity contribution in [3.63, 3.8) is 0 Å². The third-order valence-electron chi connectivity index (χ3n) is 4.58. The number of hydrogen-bond acceptors (Lipinski definition) is 5. The summed E-state index contributed by atoms with van der Waals surface area (Å²) in [5, 5.41) is 0.443. The van der Waals surface area contributed by atoms with Crippen LogP contribution in [0.2, 0.25) is 5.02 Å². The first-order valence-electron chi connectivity index (χ1n) is 9.95. The maximum atomic E-state index is 13.4. The minimum absolute atomic E-state index is 0.149. The highest BCUT2D eigenvalue weighted by molar-refractivity contribution is 6.34. The van der Waals surface area contributed by atoms with Crippen molar-refractivity contribution in [2.45, 2.75) is 13.5 Å². The van der Waals surface area contributed by atoms with Gasteiger partial charge < -0.3 is 14.2 Å². The highest BCUT2D eigenvalue weighted by atomic mass is 35.5. The molecule has 32 heavy (non-hydrogen) atoms. The zero-order valence-corrected chi connectivity index (χ0v) is 17.9. The van der Waals surface area contributed by atoms with Gasteiger partial charge in [-0.05, 0) is 60.5 Å². The minimum atomic E-state index is -0.565. The predicted molar refractivity (Wildman–Crippen MR) is 120 cm³/mol. The van der Waals surface area contributed by atoms with Crippen LogP contribution in [0.15, 0.2) is 77.4 Å². The van der Waals surface area contributed by atoms with E-state index in [2.05, 4.69) is 4.99 Å². The van der Waals surface area contributed by atoms with Crippen LogP contribution in [-0.4, -0.2) is 18.5 Å². The van der Waals surface area contributed by atoms with E-state index in [1.54, 1.807) is 60.7 Å². The molecule has 0 aliphatic carbocycles. The number of cyclic esters (lactones) is 1. The van der Waals surface area contributed by atoms with Crippen molar-refractivity contribution < 1.29 is 23.4 Å². The van der Waals surface area contributed by atoms with E-state index in [4.69, 9.17) is 25.8 Å². The molecular weight excluding hydrogens is 433 g/mol. The smallest absolute Gasteiger partial charge is 0.363 e. The number of hydrogen-bond donors (Lipinski definition) is 0. The molecule has 0 spiro atoms. The maximum Gasteiger partial charge on any atom is 0.363 e. The van der Waals surface area contributed by atoms with Gasteiger partial charge in [0.15, 0.2) is 17.2 Å². The van der Waals surface area contributed by atoms with E-state index in [9.17, 15) is 9.18 Å². The Balaban J connectivity index is 1.57. The van der Waals surface area contributed by atoms with E-state index < -0.39 is 5.97 Å². The molecule has 7 heteroatoms. The van der Waals surface area contributed by atoms with E-state index in [1.807, 2.05) is 6.92 Å². The number of benzene rings is 3. The van der Waals surface area contributed by atoms with Crippen molar-refractivity contribution in [2.75, 3.05) is 6.61 Å². The van der Waals surface area contributed by atoms with E-state index in [-0.39, 0.29) is 24.0 Å². The number of carbonyl (C=O) groups is 1. The Labute approximate surface area is 189 Å². The zero-order chi connectivity index (χ0) is 22.5. The zero-order valence-electron chi connectivity index (χ0n) is 17.2. The fourth-order valence-electron chi connectivity index (χ4n) is 3.11. The number of halogens is 2. The van der Waals surface area contributed by atoms with Crippen molar-refractivity contribution >= 4 is 29.5 Å². The Morgan fingerprint density at radius 2 is 1.88 bits per heavy atom. The van der Waals surface area contributed by atoms with E-state index >= 15 is 0 Å². The molecule has 0 amide bonds. The van der Waals surface area contributed by atoms with Crippen molar-refractivity contribution in [1.82, 2.24) is 0 Å². The number of esters is 1. The molecule has 0 N–H and O–H groups in total. The van der Waals surface area contributed by atoms with Crippen LogP contribution in [0, 0.1) is 5.82 Å². The van der Waals surface area contributed by atoms with Gasteiger partial charge in [0.2, 0.25) is 5.90 Å². The normalized spacial score (nSPS) is 14.3. The summed E-state index contributed by atoms with van der Waals surface area (Å²) in [6.45, 7) is 2.47. The first kappa shape index (κ1) is 21.6. The summed E-state index contributed by atoms with van der Waals surface area (Å²) in [6.07, 6.45) is 1.60. The van der Waals surface area contributed by atoms with Gasteiger partial charge in [-0.3, -0.25) is 0 Å². The van der Waals surface area contributed by atoms with Gasteiger partial charge in [-0.1, -0.05) is 41.9 Å². The lowest BCUT2D eigenvalue weighted by atomic mass is 10.1. The van der Waals surface area contributed by atoms with Crippen LogP contribution in [0.1, 0.15) is 23.6 Å². The molecule has 3 aromatic rings. The first-order chi connectivity index (χ1) is 15.5. The Morgan fingerprint density at radius 1 is 1.03 bits per heavy atom. The van der Waals surface area contributed by atoms with Crippen LogP contribution in [0.3, 0.4) is 0 Å². The summed E-state index contributed by atoms with van der Waals surface area (Å²) in [4.78, 5) is 16.6. The lowest BCUT2D eigenvalue weighted by Gasteiger charge is -2.13. The average Bonchev–Trinajstić information content (AvgIpc) is 3.13. The molecule has 4 rings (SSSR count). The molecule has 0 radical (unpaired) electrons. The van der Waals surface area contributed by atoms with Gasteiger partial charge in [-0.15, -0.1) is 0 Å². The Kier molecular flexibility index (Phi) is 6.52. The van der Waals surface area contributed by atoms with Gasteiger partial charge in [0, 0.05) is 0 Å². The second-order valence-electron chi connectivity index (χ2n) is 6.87. The standard InChI is InChI=1S/C25H19ClFNO4/c1-2-30-23-14-16(10-11-22(23)31-15-17-6-5-7-18(27)12-17)13-21-25(29)32-24(28-21)19-8-3-4-9-20(19)26/h3-14H,2,15H2,1H3/b21-13-. The summed E-state index contributed by atoms with van der Waals surface area (Å²) in [6, 6.07) is 18.5. The van der Waals surface area contributed by atoms with Gasteiger partial charge in [-0.25, -0.2) is 14.2 Å². The van der Waals surface area contributed by atoms with Crippen molar-refractivity contribution in [1.29, 1.82) is 0 Å². The predicted octanol–water partition coefficient (Wildman–Crippen LogP) is 5.80. The maximum absolute atomic E-state index is 13.4. The molecule has 3 aromatic carbocycles. The lowest BCUT2D eigenvalue weighted by Crippen LogP contribution is -2.05. The van der Waals surface area contributed by atoms with E-state index in [0.29, 0.717) is 39.8 Å². The van der Waals surface area contributed by atoms with Crippen LogP contribution >= 0.6 is 11.6 Å². The molecule has 1 heterocycles.